The van der Waals surface area contributed by atoms with Gasteiger partial charge in [0.2, 0.25) is 5.95 Å². The molecule has 2 heterocycles. The van der Waals surface area contributed by atoms with E-state index in [9.17, 15) is 27.9 Å². The molecule has 11 nitrogen and oxygen atoms in total. The highest BCUT2D eigenvalue weighted by atomic mass is 19.4. The number of aliphatic hydroxyl groups is 1. The molecule has 1 aliphatic rings. The number of halogens is 3. The lowest BCUT2D eigenvalue weighted by Crippen LogP contribution is -2.45. The zero-order valence-electron chi connectivity index (χ0n) is 20.8. The number of nitrogens with one attached hydrogen (secondary N) is 2. The summed E-state index contributed by atoms with van der Waals surface area (Å²) < 4.78 is 41.8. The van der Waals surface area contributed by atoms with Crippen LogP contribution in [0.3, 0.4) is 0 Å². The summed E-state index contributed by atoms with van der Waals surface area (Å²) >= 11 is 0. The first-order valence-electron chi connectivity index (χ1n) is 11.4. The van der Waals surface area contributed by atoms with Crippen molar-refractivity contribution in [2.45, 2.75) is 11.9 Å². The monoisotopic (exact) mass is 558 g/mol. The first kappa shape index (κ1) is 27.9. The largest absolute Gasteiger partial charge is 0.495 e. The van der Waals surface area contributed by atoms with Crippen molar-refractivity contribution in [3.8, 4) is 5.75 Å². The minimum absolute atomic E-state index is 0.200. The maximum Gasteiger partial charge on any atom is 0.490 e. The van der Waals surface area contributed by atoms with Crippen LogP contribution in [0.1, 0.15) is 21.5 Å². The standard InChI is InChI=1S/C24H20N4O5.C2HF3O2/c1-32-20-10-6-5-9-19(20)28-21(29)15-7-3-4-8-16(15)24(28,31)14-11-12-17-18(13-14)26-22(25-17)27-23(30)33-2;3-2(4,5)1(6)7/h3-13,31H,1-2H3,(H2,25,26,27,30);(H,6,7). The van der Waals surface area contributed by atoms with Gasteiger partial charge in [-0.15, -0.1) is 0 Å². The van der Waals surface area contributed by atoms with Crippen LogP contribution in [0, 0.1) is 0 Å². The van der Waals surface area contributed by atoms with Gasteiger partial charge < -0.3 is 24.7 Å². The number of methoxy groups -OCH3 is 2. The van der Waals surface area contributed by atoms with E-state index in [0.29, 0.717) is 39.2 Å². The molecule has 1 aliphatic heterocycles. The van der Waals surface area contributed by atoms with Gasteiger partial charge in [-0.05, 0) is 30.3 Å². The van der Waals surface area contributed by atoms with E-state index >= 15 is 0 Å². The van der Waals surface area contributed by atoms with E-state index in [-0.39, 0.29) is 11.9 Å². The molecule has 5 rings (SSSR count). The molecular weight excluding hydrogens is 537 g/mol. The number of rotatable bonds is 4. The van der Waals surface area contributed by atoms with Gasteiger partial charge in [-0.2, -0.15) is 13.2 Å². The van der Waals surface area contributed by atoms with Crippen molar-refractivity contribution in [3.63, 3.8) is 0 Å². The van der Waals surface area contributed by atoms with Crippen molar-refractivity contribution in [1.82, 2.24) is 9.97 Å². The minimum atomic E-state index is -5.08. The van der Waals surface area contributed by atoms with Gasteiger partial charge in [0.1, 0.15) is 5.75 Å². The number of ether oxygens (including phenoxy) is 2. The number of hydrogen-bond acceptors (Lipinski definition) is 7. The van der Waals surface area contributed by atoms with Crippen LogP contribution in [0.25, 0.3) is 11.0 Å². The number of H-pyrrole nitrogens is 1. The van der Waals surface area contributed by atoms with E-state index in [1.165, 1.54) is 19.1 Å². The number of nitrogens with zero attached hydrogens (tertiary/aromatic N) is 2. The van der Waals surface area contributed by atoms with Gasteiger partial charge in [0.15, 0.2) is 5.72 Å². The first-order valence-corrected chi connectivity index (χ1v) is 11.4. The van der Waals surface area contributed by atoms with E-state index in [2.05, 4.69) is 20.0 Å². The number of aliphatic carboxylic acids is 1. The van der Waals surface area contributed by atoms with Crippen molar-refractivity contribution in [2.75, 3.05) is 24.4 Å². The van der Waals surface area contributed by atoms with Gasteiger partial charge in [-0.1, -0.05) is 36.4 Å². The van der Waals surface area contributed by atoms with Crippen LogP contribution in [-0.4, -0.2) is 58.5 Å². The Balaban J connectivity index is 0.000000470. The third-order valence-electron chi connectivity index (χ3n) is 5.92. The number of imidazole rings is 1. The molecule has 0 fully saturated rings. The molecule has 0 saturated carbocycles. The average molecular weight is 558 g/mol. The lowest BCUT2D eigenvalue weighted by Gasteiger charge is -2.35. The third-order valence-corrected chi connectivity index (χ3v) is 5.92. The number of carboxylic acids is 1. The highest BCUT2D eigenvalue weighted by Crippen LogP contribution is 2.47. The molecule has 1 unspecified atom stereocenters. The van der Waals surface area contributed by atoms with Gasteiger partial charge in [-0.3, -0.25) is 15.0 Å². The van der Waals surface area contributed by atoms with E-state index in [4.69, 9.17) is 14.6 Å². The summed E-state index contributed by atoms with van der Waals surface area (Å²) in [6.45, 7) is 0. The quantitative estimate of drug-likeness (QED) is 0.290. The summed E-state index contributed by atoms with van der Waals surface area (Å²) in [6.07, 6.45) is -5.74. The molecule has 0 spiro atoms. The van der Waals surface area contributed by atoms with Crippen LogP contribution in [0.5, 0.6) is 5.75 Å². The van der Waals surface area contributed by atoms with Crippen LogP contribution in [0.2, 0.25) is 0 Å². The normalized spacial score (nSPS) is 16.1. The van der Waals surface area contributed by atoms with Gasteiger partial charge in [0, 0.05) is 16.7 Å². The average Bonchev–Trinajstić information content (AvgIpc) is 3.43. The maximum absolute atomic E-state index is 13.5. The molecule has 2 amide bonds. The second-order valence-electron chi connectivity index (χ2n) is 8.27. The second-order valence-corrected chi connectivity index (χ2v) is 8.27. The Kier molecular flexibility index (Phi) is 7.38. The van der Waals surface area contributed by atoms with Crippen molar-refractivity contribution in [2.24, 2.45) is 0 Å². The molecule has 4 aromatic rings. The molecule has 208 valence electrons. The number of amides is 2. The minimum Gasteiger partial charge on any atom is -0.495 e. The maximum atomic E-state index is 13.5. The number of aromatic amines is 1. The fourth-order valence-electron chi connectivity index (χ4n) is 4.18. The number of benzene rings is 3. The molecule has 0 saturated heterocycles. The number of carbonyl (C=O) groups excluding carboxylic acids is 2. The summed E-state index contributed by atoms with van der Waals surface area (Å²) in [5.41, 5.74) is 1.03. The smallest absolute Gasteiger partial charge is 0.490 e. The summed E-state index contributed by atoms with van der Waals surface area (Å²) in [6, 6.07) is 19.1. The van der Waals surface area contributed by atoms with Crippen LogP contribution >= 0.6 is 0 Å². The molecule has 4 N–H and O–H groups in total. The van der Waals surface area contributed by atoms with Crippen LogP contribution < -0.4 is 15.0 Å². The van der Waals surface area contributed by atoms with Crippen molar-refractivity contribution >= 4 is 40.6 Å². The number of aromatic nitrogens is 2. The predicted octanol–water partition coefficient (Wildman–Crippen LogP) is 4.24. The Morgan fingerprint density at radius 1 is 1.05 bits per heavy atom. The molecule has 1 aromatic heterocycles. The number of fused-ring (bicyclic) bond motifs is 2. The fourth-order valence-corrected chi connectivity index (χ4v) is 4.18. The Hall–Kier alpha value is -5.11. The number of carbonyl (C=O) groups is 3. The second kappa shape index (κ2) is 10.6. The lowest BCUT2D eigenvalue weighted by molar-refractivity contribution is -0.192. The number of para-hydroxylation sites is 2. The SMILES string of the molecule is COC(=O)Nc1nc2ccc(C3(O)c4ccccc4C(=O)N3c3ccccc3OC)cc2[nH]1.O=C(O)C(F)(F)F. The molecule has 3 aromatic carbocycles. The molecular formula is C26H21F3N4O7. The van der Waals surface area contributed by atoms with Crippen LogP contribution in [-0.2, 0) is 15.3 Å². The Labute approximate surface area is 223 Å². The lowest BCUT2D eigenvalue weighted by atomic mass is 9.93. The van der Waals surface area contributed by atoms with Crippen molar-refractivity contribution < 1.29 is 47.2 Å². The zero-order chi connectivity index (χ0) is 29.2. The third kappa shape index (κ3) is 4.99. The predicted molar refractivity (Wildman–Crippen MR) is 135 cm³/mol. The van der Waals surface area contributed by atoms with Gasteiger partial charge >= 0.3 is 18.2 Å². The zero-order valence-corrected chi connectivity index (χ0v) is 20.8. The Morgan fingerprint density at radius 3 is 2.35 bits per heavy atom. The van der Waals surface area contributed by atoms with Crippen LogP contribution in [0.15, 0.2) is 66.7 Å². The Bertz CT molecular complexity index is 1600. The molecule has 0 aliphatic carbocycles. The molecule has 14 heteroatoms. The summed E-state index contributed by atoms with van der Waals surface area (Å²) in [4.78, 5) is 42.6. The molecule has 0 bridgehead atoms. The number of alkyl halides is 3. The molecule has 0 radical (unpaired) electrons. The summed E-state index contributed by atoms with van der Waals surface area (Å²) in [5, 5.41) is 21.8. The van der Waals surface area contributed by atoms with Gasteiger partial charge in [-0.25, -0.2) is 14.6 Å². The number of anilines is 2. The van der Waals surface area contributed by atoms with Crippen LogP contribution in [0.4, 0.5) is 29.6 Å². The first-order chi connectivity index (χ1) is 18.9. The van der Waals surface area contributed by atoms with Gasteiger partial charge in [0.05, 0.1) is 30.9 Å². The highest BCUT2D eigenvalue weighted by Gasteiger charge is 2.51. The number of hydrogen-bond donors (Lipinski definition) is 4. The molecule has 40 heavy (non-hydrogen) atoms. The van der Waals surface area contributed by atoms with Gasteiger partial charge in [0.25, 0.3) is 5.91 Å². The van der Waals surface area contributed by atoms with Crippen molar-refractivity contribution in [1.29, 1.82) is 0 Å². The summed E-state index contributed by atoms with van der Waals surface area (Å²) in [5.74, 6) is -2.46. The van der Waals surface area contributed by atoms with E-state index in [1.807, 2.05) is 0 Å². The number of carboxylic acid groups (broad SMARTS) is 1. The fraction of sp³-hybridized carbons (Fsp3) is 0.154. The van der Waals surface area contributed by atoms with E-state index < -0.39 is 24.0 Å². The molecule has 1 atom stereocenters. The topological polar surface area (TPSA) is 154 Å². The van der Waals surface area contributed by atoms with Crippen molar-refractivity contribution in [3.05, 3.63) is 83.4 Å². The van der Waals surface area contributed by atoms with E-state index in [1.54, 1.807) is 66.7 Å². The Morgan fingerprint density at radius 2 is 1.70 bits per heavy atom. The van der Waals surface area contributed by atoms with E-state index in [0.717, 1.165) is 0 Å². The summed E-state index contributed by atoms with van der Waals surface area (Å²) in [7, 11) is 2.77. The highest BCUT2D eigenvalue weighted by molar-refractivity contribution is 6.13.